The summed E-state index contributed by atoms with van der Waals surface area (Å²) in [4.78, 5) is 41.2. The van der Waals surface area contributed by atoms with E-state index in [9.17, 15) is 14.4 Å². The summed E-state index contributed by atoms with van der Waals surface area (Å²) in [6, 6.07) is -0.710. The van der Waals surface area contributed by atoms with E-state index in [0.29, 0.717) is 13.1 Å². The average Bonchev–Trinajstić information content (AvgIpc) is 3.14. The summed E-state index contributed by atoms with van der Waals surface area (Å²) >= 11 is 0. The fourth-order valence-electron chi connectivity index (χ4n) is 4.56. The lowest BCUT2D eigenvalue weighted by molar-refractivity contribution is -0.152. The minimum absolute atomic E-state index is 0.122. The van der Waals surface area contributed by atoms with E-state index in [2.05, 4.69) is 5.32 Å². The van der Waals surface area contributed by atoms with E-state index in [0.717, 1.165) is 32.4 Å². The molecule has 7 heteroatoms. The van der Waals surface area contributed by atoms with Gasteiger partial charge in [-0.15, -0.1) is 0 Å². The number of carbonyl (C=O) groups excluding carboxylic acids is 3. The first-order chi connectivity index (χ1) is 11.1. The SMILES string of the molecule is CC(C(=O)N1CCCNCC1)N1C(=O)C2C3CCC(O3)C2C1=O. The van der Waals surface area contributed by atoms with Gasteiger partial charge in [0.05, 0.1) is 24.0 Å². The smallest absolute Gasteiger partial charge is 0.245 e. The molecule has 0 aliphatic carbocycles. The Balaban J connectivity index is 1.52. The van der Waals surface area contributed by atoms with Crippen molar-refractivity contribution in [3.63, 3.8) is 0 Å². The molecule has 4 rings (SSSR count). The molecule has 2 bridgehead atoms. The Kier molecular flexibility index (Phi) is 3.65. The summed E-state index contributed by atoms with van der Waals surface area (Å²) in [6.45, 7) is 4.63. The van der Waals surface area contributed by atoms with Crippen LogP contribution >= 0.6 is 0 Å². The van der Waals surface area contributed by atoms with Crippen molar-refractivity contribution in [1.29, 1.82) is 0 Å². The third-order valence-electron chi connectivity index (χ3n) is 5.71. The molecule has 0 radical (unpaired) electrons. The second-order valence-electron chi connectivity index (χ2n) is 6.99. The summed E-state index contributed by atoms with van der Waals surface area (Å²) < 4.78 is 5.73. The molecule has 126 valence electrons. The van der Waals surface area contributed by atoms with E-state index in [1.165, 1.54) is 4.90 Å². The maximum atomic E-state index is 12.7. The van der Waals surface area contributed by atoms with Gasteiger partial charge in [0.1, 0.15) is 6.04 Å². The third-order valence-corrected chi connectivity index (χ3v) is 5.71. The summed E-state index contributed by atoms with van der Waals surface area (Å²) in [7, 11) is 0. The van der Waals surface area contributed by atoms with Crippen molar-refractivity contribution in [1.82, 2.24) is 15.1 Å². The van der Waals surface area contributed by atoms with Crippen molar-refractivity contribution in [3.05, 3.63) is 0 Å². The Morgan fingerprint density at radius 2 is 1.78 bits per heavy atom. The second kappa shape index (κ2) is 5.56. The van der Waals surface area contributed by atoms with Crippen LogP contribution in [0.5, 0.6) is 0 Å². The van der Waals surface area contributed by atoms with E-state index in [4.69, 9.17) is 4.74 Å². The van der Waals surface area contributed by atoms with Crippen molar-refractivity contribution >= 4 is 17.7 Å². The standard InChI is InChI=1S/C16H23N3O4/c1-9(14(20)18-7-2-5-17-6-8-18)19-15(21)12-10-3-4-11(23-10)13(12)16(19)22/h9-13,17H,2-8H2,1H3. The van der Waals surface area contributed by atoms with Crippen LogP contribution in [-0.4, -0.2) is 72.0 Å². The number of rotatable bonds is 2. The van der Waals surface area contributed by atoms with Gasteiger partial charge in [-0.2, -0.15) is 0 Å². The molecule has 4 saturated heterocycles. The minimum atomic E-state index is -0.710. The molecule has 4 aliphatic rings. The van der Waals surface area contributed by atoms with Crippen molar-refractivity contribution < 1.29 is 19.1 Å². The summed E-state index contributed by atoms with van der Waals surface area (Å²) in [5.41, 5.74) is 0. The second-order valence-corrected chi connectivity index (χ2v) is 6.99. The Labute approximate surface area is 135 Å². The molecule has 7 nitrogen and oxygen atoms in total. The number of hydrogen-bond donors (Lipinski definition) is 1. The molecule has 0 spiro atoms. The number of imide groups is 1. The van der Waals surface area contributed by atoms with Crippen molar-refractivity contribution in [3.8, 4) is 0 Å². The minimum Gasteiger partial charge on any atom is -0.373 e. The van der Waals surface area contributed by atoms with Gasteiger partial charge in [0.25, 0.3) is 0 Å². The van der Waals surface area contributed by atoms with E-state index >= 15 is 0 Å². The van der Waals surface area contributed by atoms with Crippen LogP contribution in [0.4, 0.5) is 0 Å². The molecule has 4 fully saturated rings. The first-order valence-corrected chi connectivity index (χ1v) is 8.61. The highest BCUT2D eigenvalue weighted by Crippen LogP contribution is 2.48. The molecule has 5 unspecified atom stereocenters. The quantitative estimate of drug-likeness (QED) is 0.685. The predicted octanol–water partition coefficient (Wildman–Crippen LogP) is -0.641. The first-order valence-electron chi connectivity index (χ1n) is 8.61. The first kappa shape index (κ1) is 15.1. The Bertz CT molecular complexity index is 515. The average molecular weight is 321 g/mol. The highest BCUT2D eigenvalue weighted by atomic mass is 16.5. The van der Waals surface area contributed by atoms with Crippen LogP contribution in [0.2, 0.25) is 0 Å². The Hall–Kier alpha value is -1.47. The number of fused-ring (bicyclic) bond motifs is 5. The molecular weight excluding hydrogens is 298 g/mol. The van der Waals surface area contributed by atoms with Gasteiger partial charge in [-0.3, -0.25) is 19.3 Å². The summed E-state index contributed by atoms with van der Waals surface area (Å²) in [5, 5.41) is 3.25. The van der Waals surface area contributed by atoms with Gasteiger partial charge in [-0.1, -0.05) is 0 Å². The molecule has 4 aliphatic heterocycles. The summed E-state index contributed by atoms with van der Waals surface area (Å²) in [5.74, 6) is -1.25. The lowest BCUT2D eigenvalue weighted by Crippen LogP contribution is -2.51. The van der Waals surface area contributed by atoms with E-state index in [1.807, 2.05) is 0 Å². The third kappa shape index (κ3) is 2.21. The highest BCUT2D eigenvalue weighted by molar-refractivity contribution is 6.09. The van der Waals surface area contributed by atoms with Crippen LogP contribution in [0.3, 0.4) is 0 Å². The number of carbonyl (C=O) groups is 3. The Morgan fingerprint density at radius 3 is 2.43 bits per heavy atom. The lowest BCUT2D eigenvalue weighted by Gasteiger charge is -2.29. The zero-order valence-electron chi connectivity index (χ0n) is 13.4. The van der Waals surface area contributed by atoms with Gasteiger partial charge in [0.15, 0.2) is 0 Å². The number of nitrogens with one attached hydrogen (secondary N) is 1. The molecule has 23 heavy (non-hydrogen) atoms. The highest BCUT2D eigenvalue weighted by Gasteiger charge is 2.63. The van der Waals surface area contributed by atoms with E-state index < -0.39 is 6.04 Å². The molecule has 0 aromatic carbocycles. The largest absolute Gasteiger partial charge is 0.373 e. The van der Waals surface area contributed by atoms with Crippen LogP contribution in [0.15, 0.2) is 0 Å². The van der Waals surface area contributed by atoms with Crippen LogP contribution in [-0.2, 0) is 19.1 Å². The molecule has 3 amide bonds. The molecular formula is C16H23N3O4. The molecule has 0 saturated carbocycles. The van der Waals surface area contributed by atoms with Crippen LogP contribution in [0.25, 0.3) is 0 Å². The zero-order chi connectivity index (χ0) is 16.1. The van der Waals surface area contributed by atoms with E-state index in [1.54, 1.807) is 11.8 Å². The predicted molar refractivity (Wildman–Crippen MR) is 80.3 cm³/mol. The molecule has 0 aromatic heterocycles. The number of amides is 3. The molecule has 1 N–H and O–H groups in total. The monoisotopic (exact) mass is 321 g/mol. The number of likely N-dealkylation sites (tertiary alicyclic amines) is 1. The fraction of sp³-hybridized carbons (Fsp3) is 0.812. The zero-order valence-corrected chi connectivity index (χ0v) is 13.4. The summed E-state index contributed by atoms with van der Waals surface area (Å²) in [6.07, 6.45) is 2.33. The van der Waals surface area contributed by atoms with Gasteiger partial charge in [-0.25, -0.2) is 0 Å². The van der Waals surface area contributed by atoms with Gasteiger partial charge in [0.2, 0.25) is 17.7 Å². The number of nitrogens with zero attached hydrogens (tertiary/aromatic N) is 2. The maximum Gasteiger partial charge on any atom is 0.245 e. The van der Waals surface area contributed by atoms with Crippen molar-refractivity contribution in [2.24, 2.45) is 11.8 Å². The number of ether oxygens (including phenoxy) is 1. The van der Waals surface area contributed by atoms with Crippen molar-refractivity contribution in [2.45, 2.75) is 44.4 Å². The van der Waals surface area contributed by atoms with E-state index in [-0.39, 0.29) is 41.8 Å². The normalized spacial score (nSPS) is 38.0. The fourth-order valence-corrected chi connectivity index (χ4v) is 4.56. The molecule has 5 atom stereocenters. The van der Waals surface area contributed by atoms with Crippen LogP contribution in [0.1, 0.15) is 26.2 Å². The van der Waals surface area contributed by atoms with Crippen LogP contribution in [0, 0.1) is 11.8 Å². The van der Waals surface area contributed by atoms with Crippen LogP contribution < -0.4 is 5.32 Å². The molecule has 4 heterocycles. The Morgan fingerprint density at radius 1 is 1.13 bits per heavy atom. The van der Waals surface area contributed by atoms with Gasteiger partial charge >= 0.3 is 0 Å². The van der Waals surface area contributed by atoms with Gasteiger partial charge < -0.3 is 15.0 Å². The van der Waals surface area contributed by atoms with Gasteiger partial charge in [0, 0.05) is 19.6 Å². The molecule has 0 aromatic rings. The van der Waals surface area contributed by atoms with Gasteiger partial charge in [-0.05, 0) is 32.7 Å². The topological polar surface area (TPSA) is 79.0 Å². The maximum absolute atomic E-state index is 12.7. The number of hydrogen-bond acceptors (Lipinski definition) is 5. The van der Waals surface area contributed by atoms with Crippen molar-refractivity contribution in [2.75, 3.05) is 26.2 Å². The lowest BCUT2D eigenvalue weighted by atomic mass is 9.81.